The minimum absolute atomic E-state index is 0.228. The number of hydrogen-bond acceptors (Lipinski definition) is 7. The van der Waals surface area contributed by atoms with Crippen molar-refractivity contribution in [2.75, 3.05) is 20.3 Å². The van der Waals surface area contributed by atoms with Crippen LogP contribution in [0.4, 0.5) is 0 Å². The molecule has 258 valence electrons. The normalized spacial score (nSPS) is 13.8. The number of phosphoric ester groups is 1. The molecular formula is C35H65O8P. The van der Waals surface area contributed by atoms with Gasteiger partial charge >= 0.3 is 19.8 Å². The van der Waals surface area contributed by atoms with Gasteiger partial charge in [0.15, 0.2) is 6.10 Å². The Bertz CT molecular complexity index is 783. The first kappa shape index (κ1) is 42.5. The highest BCUT2D eigenvalue weighted by molar-refractivity contribution is 7.47. The number of rotatable bonds is 32. The van der Waals surface area contributed by atoms with Crippen molar-refractivity contribution in [3.8, 4) is 0 Å². The summed E-state index contributed by atoms with van der Waals surface area (Å²) < 4.78 is 31.8. The van der Waals surface area contributed by atoms with Crippen LogP contribution in [0.1, 0.15) is 162 Å². The summed E-state index contributed by atoms with van der Waals surface area (Å²) in [5, 5.41) is 0. The van der Waals surface area contributed by atoms with Gasteiger partial charge in [0.25, 0.3) is 0 Å². The lowest BCUT2D eigenvalue weighted by Gasteiger charge is -2.19. The molecule has 0 heterocycles. The van der Waals surface area contributed by atoms with Crippen LogP contribution in [0.25, 0.3) is 0 Å². The van der Waals surface area contributed by atoms with Gasteiger partial charge in [-0.2, -0.15) is 0 Å². The molecule has 0 bridgehead atoms. The number of hydrogen-bond donors (Lipinski definition) is 1. The number of carbonyl (C=O) groups is 2. The van der Waals surface area contributed by atoms with Gasteiger partial charge in [-0.3, -0.25) is 18.6 Å². The molecule has 0 spiro atoms. The number of esters is 2. The molecule has 0 saturated carbocycles. The minimum atomic E-state index is -4.25. The van der Waals surface area contributed by atoms with Gasteiger partial charge in [0.1, 0.15) is 6.61 Å². The van der Waals surface area contributed by atoms with Crippen LogP contribution in [0.15, 0.2) is 24.3 Å². The van der Waals surface area contributed by atoms with Crippen LogP contribution in [0, 0.1) is 0 Å². The molecule has 0 aliphatic heterocycles. The molecule has 0 aliphatic rings. The molecule has 2 unspecified atom stereocenters. The van der Waals surface area contributed by atoms with Gasteiger partial charge in [0, 0.05) is 20.0 Å². The molecule has 9 heteroatoms. The molecule has 8 nitrogen and oxygen atoms in total. The van der Waals surface area contributed by atoms with Crippen molar-refractivity contribution < 1.29 is 37.6 Å². The lowest BCUT2D eigenvalue weighted by molar-refractivity contribution is -0.161. The number of allylic oxidation sites excluding steroid dienone is 4. The number of phosphoric acid groups is 1. The largest absolute Gasteiger partial charge is 0.472 e. The molecule has 0 rings (SSSR count). The van der Waals surface area contributed by atoms with Crippen molar-refractivity contribution in [1.82, 2.24) is 0 Å². The average Bonchev–Trinajstić information content (AvgIpc) is 3.01. The zero-order valence-corrected chi connectivity index (χ0v) is 29.2. The fraction of sp³-hybridized carbons (Fsp3) is 0.829. The van der Waals surface area contributed by atoms with E-state index in [-0.39, 0.29) is 19.0 Å². The van der Waals surface area contributed by atoms with Gasteiger partial charge in [-0.1, -0.05) is 134 Å². The molecule has 0 aromatic heterocycles. The van der Waals surface area contributed by atoms with Crippen LogP contribution in [-0.4, -0.2) is 43.3 Å². The maximum atomic E-state index is 12.4. The van der Waals surface area contributed by atoms with Crippen LogP contribution >= 0.6 is 7.82 Å². The molecule has 0 aromatic carbocycles. The van der Waals surface area contributed by atoms with E-state index in [1.807, 2.05) is 0 Å². The van der Waals surface area contributed by atoms with Crippen molar-refractivity contribution in [3.63, 3.8) is 0 Å². The molecule has 44 heavy (non-hydrogen) atoms. The highest BCUT2D eigenvalue weighted by atomic mass is 31.2. The quantitative estimate of drug-likeness (QED) is 0.0333. The van der Waals surface area contributed by atoms with Gasteiger partial charge in [-0.15, -0.1) is 0 Å². The maximum Gasteiger partial charge on any atom is 0.472 e. The second-order valence-electron chi connectivity index (χ2n) is 11.7. The monoisotopic (exact) mass is 644 g/mol. The summed E-state index contributed by atoms with van der Waals surface area (Å²) in [5.41, 5.74) is 0. The molecule has 0 saturated heterocycles. The Balaban J connectivity index is 4.12. The summed E-state index contributed by atoms with van der Waals surface area (Å²) in [6, 6.07) is 0. The zero-order valence-electron chi connectivity index (χ0n) is 28.3. The van der Waals surface area contributed by atoms with Gasteiger partial charge in [-0.05, 0) is 38.5 Å². The van der Waals surface area contributed by atoms with E-state index in [1.165, 1.54) is 64.2 Å². The Kier molecular flexibility index (Phi) is 30.5. The van der Waals surface area contributed by atoms with Crippen molar-refractivity contribution in [2.24, 2.45) is 0 Å². The van der Waals surface area contributed by atoms with E-state index in [1.54, 1.807) is 0 Å². The second-order valence-corrected chi connectivity index (χ2v) is 13.2. The zero-order chi connectivity index (χ0) is 32.6. The topological polar surface area (TPSA) is 108 Å². The van der Waals surface area contributed by atoms with Crippen molar-refractivity contribution in [2.45, 2.75) is 168 Å². The van der Waals surface area contributed by atoms with Gasteiger partial charge in [0.2, 0.25) is 0 Å². The van der Waals surface area contributed by atoms with Crippen molar-refractivity contribution >= 4 is 19.8 Å². The lowest BCUT2D eigenvalue weighted by atomic mass is 10.1. The number of ether oxygens (including phenoxy) is 2. The lowest BCUT2D eigenvalue weighted by Crippen LogP contribution is -2.29. The molecule has 0 aromatic rings. The standard InChI is InChI=1S/C35H65O8P/c1-4-6-8-10-12-14-16-17-18-20-22-24-26-28-30-35(37)43-33(32-42-44(38,39)40-3)31-41-34(36)29-27-25-23-21-19-15-13-11-9-7-5-2/h10,12,16-17,33H,4-9,11,13-15,18-32H2,1-3H3,(H,38,39)/b12-10-,17-16-. The van der Waals surface area contributed by atoms with E-state index in [2.05, 4.69) is 42.7 Å². The van der Waals surface area contributed by atoms with E-state index in [0.717, 1.165) is 71.3 Å². The summed E-state index contributed by atoms with van der Waals surface area (Å²) >= 11 is 0. The fourth-order valence-electron chi connectivity index (χ4n) is 4.67. The molecule has 0 fully saturated rings. The smallest absolute Gasteiger partial charge is 0.462 e. The van der Waals surface area contributed by atoms with Crippen LogP contribution in [0.5, 0.6) is 0 Å². The third-order valence-electron chi connectivity index (χ3n) is 7.45. The molecule has 0 amide bonds. The predicted octanol–water partition coefficient (Wildman–Crippen LogP) is 10.3. The SMILES string of the molecule is CCCC/C=C\C/C=C\CCCCCCCC(=O)OC(COC(=O)CCCCCCCCCCCCC)COP(=O)(O)OC. The Labute approximate surface area is 269 Å². The van der Waals surface area contributed by atoms with Gasteiger partial charge in [0.05, 0.1) is 6.61 Å². The third kappa shape index (κ3) is 30.6. The third-order valence-corrected chi connectivity index (χ3v) is 8.39. The molecule has 0 aliphatic carbocycles. The van der Waals surface area contributed by atoms with Gasteiger partial charge < -0.3 is 14.4 Å². The Morgan fingerprint density at radius 1 is 0.636 bits per heavy atom. The summed E-state index contributed by atoms with van der Waals surface area (Å²) in [5.74, 6) is -0.820. The van der Waals surface area contributed by atoms with Crippen molar-refractivity contribution in [3.05, 3.63) is 24.3 Å². The number of unbranched alkanes of at least 4 members (excludes halogenated alkanes) is 17. The first-order valence-corrected chi connectivity index (χ1v) is 19.0. The summed E-state index contributed by atoms with van der Waals surface area (Å²) in [4.78, 5) is 34.2. The van der Waals surface area contributed by atoms with Crippen LogP contribution < -0.4 is 0 Å². The summed E-state index contributed by atoms with van der Waals surface area (Å²) in [6.07, 6.45) is 32.2. The van der Waals surface area contributed by atoms with Crippen LogP contribution in [-0.2, 0) is 32.7 Å². The molecular weight excluding hydrogens is 579 g/mol. The molecule has 0 radical (unpaired) electrons. The van der Waals surface area contributed by atoms with E-state index < -0.39 is 26.5 Å². The van der Waals surface area contributed by atoms with E-state index >= 15 is 0 Å². The number of carbonyl (C=O) groups excluding carboxylic acids is 2. The Morgan fingerprint density at radius 3 is 1.66 bits per heavy atom. The fourth-order valence-corrected chi connectivity index (χ4v) is 5.13. The Hall–Kier alpha value is -1.47. The maximum absolute atomic E-state index is 12.4. The molecule has 1 N–H and O–H groups in total. The van der Waals surface area contributed by atoms with Crippen LogP contribution in [0.3, 0.4) is 0 Å². The second kappa shape index (κ2) is 31.5. The Morgan fingerprint density at radius 2 is 1.11 bits per heavy atom. The van der Waals surface area contributed by atoms with E-state index in [0.29, 0.717) is 12.8 Å². The van der Waals surface area contributed by atoms with E-state index in [9.17, 15) is 19.0 Å². The van der Waals surface area contributed by atoms with Crippen LogP contribution in [0.2, 0.25) is 0 Å². The minimum Gasteiger partial charge on any atom is -0.462 e. The van der Waals surface area contributed by atoms with Crippen molar-refractivity contribution in [1.29, 1.82) is 0 Å². The van der Waals surface area contributed by atoms with E-state index in [4.69, 9.17) is 14.0 Å². The average molecular weight is 645 g/mol. The highest BCUT2D eigenvalue weighted by Crippen LogP contribution is 2.42. The highest BCUT2D eigenvalue weighted by Gasteiger charge is 2.24. The summed E-state index contributed by atoms with van der Waals surface area (Å²) in [6.45, 7) is 3.81. The summed E-state index contributed by atoms with van der Waals surface area (Å²) in [7, 11) is -3.20. The molecule has 2 atom stereocenters. The first-order valence-electron chi connectivity index (χ1n) is 17.5. The first-order chi connectivity index (χ1) is 21.3. The van der Waals surface area contributed by atoms with Gasteiger partial charge in [-0.25, -0.2) is 4.57 Å². The predicted molar refractivity (Wildman–Crippen MR) is 179 cm³/mol.